The van der Waals surface area contributed by atoms with E-state index in [2.05, 4.69) is 10.3 Å². The van der Waals surface area contributed by atoms with Crippen molar-refractivity contribution in [3.8, 4) is 6.07 Å². The highest BCUT2D eigenvalue weighted by Crippen LogP contribution is 2.29. The molecular formula is C17H15N3OS. The summed E-state index contributed by atoms with van der Waals surface area (Å²) >= 11 is 1.52. The van der Waals surface area contributed by atoms with Crippen LogP contribution >= 0.6 is 11.3 Å². The Hall–Kier alpha value is -2.45. The van der Waals surface area contributed by atoms with Gasteiger partial charge in [-0.05, 0) is 37.3 Å². The molecule has 1 aromatic carbocycles. The number of nitriles is 1. The minimum absolute atomic E-state index is 0.0828. The molecule has 110 valence electrons. The van der Waals surface area contributed by atoms with Gasteiger partial charge in [0.1, 0.15) is 11.6 Å². The number of fused-ring (bicyclic) bond motifs is 1. The van der Waals surface area contributed by atoms with Crippen molar-refractivity contribution in [3.63, 3.8) is 0 Å². The van der Waals surface area contributed by atoms with E-state index >= 15 is 0 Å². The van der Waals surface area contributed by atoms with Crippen LogP contribution in [0.5, 0.6) is 0 Å². The molecular weight excluding hydrogens is 294 g/mol. The molecule has 5 heteroatoms. The van der Waals surface area contributed by atoms with Gasteiger partial charge in [-0.2, -0.15) is 5.26 Å². The van der Waals surface area contributed by atoms with Gasteiger partial charge in [0.25, 0.3) is 5.91 Å². The molecule has 4 nitrogen and oxygen atoms in total. The lowest BCUT2D eigenvalue weighted by Gasteiger charge is -2.06. The lowest BCUT2D eigenvalue weighted by molar-refractivity contribution is -0.112. The van der Waals surface area contributed by atoms with Crippen LogP contribution in [0.2, 0.25) is 0 Å². The number of carbonyl (C=O) groups is 1. The number of amides is 1. The van der Waals surface area contributed by atoms with Crippen LogP contribution in [0.4, 0.5) is 5.13 Å². The molecule has 1 aromatic heterocycles. The summed E-state index contributed by atoms with van der Waals surface area (Å²) in [5, 5.41) is 12.5. The number of hydrogen-bond donors (Lipinski definition) is 1. The van der Waals surface area contributed by atoms with Crippen LogP contribution in [0.1, 0.15) is 29.0 Å². The van der Waals surface area contributed by atoms with Crippen LogP contribution in [-0.2, 0) is 17.6 Å². The summed E-state index contributed by atoms with van der Waals surface area (Å²) in [6.45, 7) is 0. The average Bonchev–Trinajstić information content (AvgIpc) is 2.95. The van der Waals surface area contributed by atoms with Gasteiger partial charge in [0.15, 0.2) is 5.13 Å². The van der Waals surface area contributed by atoms with E-state index in [-0.39, 0.29) is 5.57 Å². The number of nitrogens with one attached hydrogen (secondary N) is 1. The van der Waals surface area contributed by atoms with Crippen molar-refractivity contribution in [2.45, 2.75) is 25.7 Å². The van der Waals surface area contributed by atoms with E-state index in [1.807, 2.05) is 36.4 Å². The molecule has 0 bridgehead atoms. The standard InChI is InChI=1S/C17H15N3OS/c18-11-13(10-12-6-2-1-3-7-12)16(21)20-17-19-14-8-4-5-9-15(14)22-17/h1-3,6-7,10H,4-5,8-9H2,(H,19,20,21)/b13-10+. The van der Waals surface area contributed by atoms with Crippen LogP contribution in [0, 0.1) is 11.3 Å². The van der Waals surface area contributed by atoms with E-state index in [0.29, 0.717) is 5.13 Å². The maximum Gasteiger partial charge on any atom is 0.268 e. The molecule has 0 fully saturated rings. The average molecular weight is 309 g/mol. The van der Waals surface area contributed by atoms with Gasteiger partial charge in [-0.1, -0.05) is 30.3 Å². The van der Waals surface area contributed by atoms with E-state index in [0.717, 1.165) is 30.5 Å². The highest BCUT2D eigenvalue weighted by atomic mass is 32.1. The Morgan fingerprint density at radius 3 is 2.77 bits per heavy atom. The molecule has 0 spiro atoms. The molecule has 0 saturated carbocycles. The molecule has 1 aliphatic rings. The normalized spacial score (nSPS) is 14.0. The van der Waals surface area contributed by atoms with Gasteiger partial charge in [0.2, 0.25) is 0 Å². The zero-order valence-corrected chi connectivity index (χ0v) is 12.8. The molecule has 0 atom stereocenters. The second-order valence-corrected chi connectivity index (χ2v) is 6.21. The lowest BCUT2D eigenvalue weighted by Crippen LogP contribution is -2.13. The lowest BCUT2D eigenvalue weighted by atomic mass is 10.0. The van der Waals surface area contributed by atoms with Crippen molar-refractivity contribution < 1.29 is 4.79 Å². The van der Waals surface area contributed by atoms with Gasteiger partial charge >= 0.3 is 0 Å². The number of benzene rings is 1. The Kier molecular flexibility index (Phi) is 4.31. The van der Waals surface area contributed by atoms with Crippen LogP contribution < -0.4 is 5.32 Å². The third-order valence-corrected chi connectivity index (χ3v) is 4.61. The second kappa shape index (κ2) is 6.54. The first kappa shape index (κ1) is 14.5. The minimum atomic E-state index is -0.405. The fourth-order valence-corrected chi connectivity index (χ4v) is 3.48. The fourth-order valence-electron chi connectivity index (χ4n) is 2.43. The topological polar surface area (TPSA) is 65.8 Å². The summed E-state index contributed by atoms with van der Waals surface area (Å²) in [6.07, 6.45) is 5.94. The molecule has 3 rings (SSSR count). The van der Waals surface area contributed by atoms with Gasteiger partial charge in [-0.3, -0.25) is 10.1 Å². The van der Waals surface area contributed by atoms with Crippen LogP contribution in [0.3, 0.4) is 0 Å². The zero-order valence-electron chi connectivity index (χ0n) is 12.0. The molecule has 0 radical (unpaired) electrons. The monoisotopic (exact) mass is 309 g/mol. The summed E-state index contributed by atoms with van der Waals surface area (Å²) in [6, 6.07) is 11.3. The summed E-state index contributed by atoms with van der Waals surface area (Å²) in [5.41, 5.74) is 2.00. The van der Waals surface area contributed by atoms with E-state index in [9.17, 15) is 10.1 Å². The Labute approximate surface area is 133 Å². The first-order chi connectivity index (χ1) is 10.8. The highest BCUT2D eigenvalue weighted by Gasteiger charge is 2.17. The molecule has 2 aromatic rings. The smallest absolute Gasteiger partial charge is 0.268 e. The molecule has 1 amide bonds. The fraction of sp³-hybridized carbons (Fsp3) is 0.235. The van der Waals surface area contributed by atoms with Gasteiger partial charge < -0.3 is 0 Å². The third kappa shape index (κ3) is 3.23. The van der Waals surface area contributed by atoms with Gasteiger partial charge in [0, 0.05) is 4.88 Å². The van der Waals surface area contributed by atoms with Gasteiger partial charge in [0.05, 0.1) is 5.69 Å². The molecule has 1 N–H and O–H groups in total. The van der Waals surface area contributed by atoms with Gasteiger partial charge in [-0.15, -0.1) is 11.3 Å². The highest BCUT2D eigenvalue weighted by molar-refractivity contribution is 7.15. The van der Waals surface area contributed by atoms with E-state index < -0.39 is 5.91 Å². The number of aryl methyl sites for hydroxylation is 2. The van der Waals surface area contributed by atoms with Crippen molar-refractivity contribution in [2.75, 3.05) is 5.32 Å². The quantitative estimate of drug-likeness (QED) is 0.696. The molecule has 0 aliphatic heterocycles. The molecule has 22 heavy (non-hydrogen) atoms. The minimum Gasteiger partial charge on any atom is -0.297 e. The van der Waals surface area contributed by atoms with Crippen molar-refractivity contribution in [1.29, 1.82) is 5.26 Å². The summed E-state index contributed by atoms with van der Waals surface area (Å²) in [5.74, 6) is -0.405. The first-order valence-electron chi connectivity index (χ1n) is 7.23. The summed E-state index contributed by atoms with van der Waals surface area (Å²) in [7, 11) is 0. The Bertz CT molecular complexity index is 732. The number of hydrogen-bond acceptors (Lipinski definition) is 4. The van der Waals surface area contributed by atoms with Gasteiger partial charge in [-0.25, -0.2) is 4.98 Å². The van der Waals surface area contributed by atoms with Crippen molar-refractivity contribution in [1.82, 2.24) is 4.98 Å². The number of nitrogens with zero attached hydrogens (tertiary/aromatic N) is 2. The zero-order chi connectivity index (χ0) is 15.4. The Morgan fingerprint density at radius 1 is 1.27 bits per heavy atom. The SMILES string of the molecule is N#C/C(=C\c1ccccc1)C(=O)Nc1nc2c(s1)CCCC2. The molecule has 0 saturated heterocycles. The largest absolute Gasteiger partial charge is 0.297 e. The third-order valence-electron chi connectivity index (χ3n) is 3.54. The predicted octanol–water partition coefficient (Wildman–Crippen LogP) is 3.57. The van der Waals surface area contributed by atoms with Crippen molar-refractivity contribution in [2.24, 2.45) is 0 Å². The second-order valence-electron chi connectivity index (χ2n) is 5.13. The van der Waals surface area contributed by atoms with Crippen LogP contribution in [0.25, 0.3) is 6.08 Å². The number of anilines is 1. The molecule has 1 aliphatic carbocycles. The molecule has 0 unspecified atom stereocenters. The van der Waals surface area contributed by atoms with E-state index in [1.165, 1.54) is 22.6 Å². The first-order valence-corrected chi connectivity index (χ1v) is 8.04. The maximum absolute atomic E-state index is 12.2. The van der Waals surface area contributed by atoms with E-state index in [4.69, 9.17) is 0 Å². The van der Waals surface area contributed by atoms with E-state index in [1.54, 1.807) is 6.08 Å². The predicted molar refractivity (Wildman–Crippen MR) is 87.4 cm³/mol. The van der Waals surface area contributed by atoms with Crippen LogP contribution in [-0.4, -0.2) is 10.9 Å². The van der Waals surface area contributed by atoms with Crippen molar-refractivity contribution >= 4 is 28.5 Å². The number of thiazole rings is 1. The number of aromatic nitrogens is 1. The maximum atomic E-state index is 12.2. The summed E-state index contributed by atoms with van der Waals surface area (Å²) < 4.78 is 0. The number of carbonyl (C=O) groups excluding carboxylic acids is 1. The Balaban J connectivity index is 1.77. The summed E-state index contributed by atoms with van der Waals surface area (Å²) in [4.78, 5) is 17.9. The van der Waals surface area contributed by atoms with Crippen LogP contribution in [0.15, 0.2) is 35.9 Å². The van der Waals surface area contributed by atoms with Crippen molar-refractivity contribution in [3.05, 3.63) is 52.0 Å². The Morgan fingerprint density at radius 2 is 2.05 bits per heavy atom. The number of rotatable bonds is 3. The molecule has 1 heterocycles.